The second-order valence-corrected chi connectivity index (χ2v) is 5.09. The fourth-order valence-electron chi connectivity index (χ4n) is 1.57. The highest BCUT2D eigenvalue weighted by Gasteiger charge is 2.06. The Balaban J connectivity index is 1.90. The van der Waals surface area contributed by atoms with Crippen molar-refractivity contribution in [3.63, 3.8) is 0 Å². The van der Waals surface area contributed by atoms with Gasteiger partial charge in [0.2, 0.25) is 0 Å². The number of thiazole rings is 1. The van der Waals surface area contributed by atoms with Crippen molar-refractivity contribution in [3.05, 3.63) is 45.7 Å². The summed E-state index contributed by atoms with van der Waals surface area (Å²) in [6.07, 6.45) is 0. The first kappa shape index (κ1) is 13.5. The van der Waals surface area contributed by atoms with Gasteiger partial charge in [-0.15, -0.1) is 11.3 Å². The number of hydrogen-bond acceptors (Lipinski definition) is 3. The van der Waals surface area contributed by atoms with E-state index in [9.17, 15) is 9.18 Å². The third kappa shape index (κ3) is 3.75. The Hall–Kier alpha value is -1.95. The van der Waals surface area contributed by atoms with E-state index in [2.05, 4.69) is 15.6 Å². The third-order valence-corrected chi connectivity index (χ3v) is 3.47. The van der Waals surface area contributed by atoms with Crippen LogP contribution in [0.2, 0.25) is 0 Å². The molecule has 2 N–H and O–H groups in total. The van der Waals surface area contributed by atoms with Gasteiger partial charge in [0.1, 0.15) is 10.8 Å². The van der Waals surface area contributed by atoms with Crippen molar-refractivity contribution < 1.29 is 9.18 Å². The molecule has 0 atom stereocenters. The molecule has 0 saturated heterocycles. The van der Waals surface area contributed by atoms with Crippen LogP contribution >= 0.6 is 11.3 Å². The van der Waals surface area contributed by atoms with Crippen molar-refractivity contribution in [2.24, 2.45) is 0 Å². The molecule has 0 aliphatic heterocycles. The Morgan fingerprint density at radius 2 is 2.21 bits per heavy atom. The number of carbonyl (C=O) groups excluding carboxylic acids is 1. The lowest BCUT2D eigenvalue weighted by Crippen LogP contribution is -2.28. The number of aryl methyl sites for hydroxylation is 2. The SMILES string of the molecule is Cc1csc(CNC(=O)Nc2ccc(F)cc2C)n1. The van der Waals surface area contributed by atoms with Gasteiger partial charge < -0.3 is 10.6 Å². The maximum Gasteiger partial charge on any atom is 0.319 e. The van der Waals surface area contributed by atoms with Gasteiger partial charge in [0.25, 0.3) is 0 Å². The number of rotatable bonds is 3. The standard InChI is InChI=1S/C13H14FN3OS/c1-8-5-10(14)3-4-11(8)17-13(18)15-6-12-16-9(2)7-19-12/h3-5,7H,6H2,1-2H3,(H2,15,17,18). The van der Waals surface area contributed by atoms with Crippen LogP contribution in [0, 0.1) is 19.7 Å². The highest BCUT2D eigenvalue weighted by Crippen LogP contribution is 2.15. The van der Waals surface area contributed by atoms with Crippen LogP contribution in [0.25, 0.3) is 0 Å². The van der Waals surface area contributed by atoms with E-state index >= 15 is 0 Å². The van der Waals surface area contributed by atoms with E-state index < -0.39 is 0 Å². The monoisotopic (exact) mass is 279 g/mol. The molecule has 19 heavy (non-hydrogen) atoms. The zero-order valence-electron chi connectivity index (χ0n) is 10.7. The molecular formula is C13H14FN3OS. The molecule has 100 valence electrons. The molecule has 0 unspecified atom stereocenters. The van der Waals surface area contributed by atoms with E-state index in [1.807, 2.05) is 12.3 Å². The lowest BCUT2D eigenvalue weighted by atomic mass is 10.2. The van der Waals surface area contributed by atoms with E-state index in [4.69, 9.17) is 0 Å². The van der Waals surface area contributed by atoms with Gasteiger partial charge in [0.05, 0.1) is 6.54 Å². The second-order valence-electron chi connectivity index (χ2n) is 4.15. The second kappa shape index (κ2) is 5.79. The van der Waals surface area contributed by atoms with Crippen molar-refractivity contribution >= 4 is 23.1 Å². The molecule has 0 fully saturated rings. The molecule has 0 saturated carbocycles. The fraction of sp³-hybridized carbons (Fsp3) is 0.231. The molecule has 0 spiro atoms. The molecule has 2 aromatic rings. The largest absolute Gasteiger partial charge is 0.331 e. The van der Waals surface area contributed by atoms with E-state index in [0.717, 1.165) is 10.7 Å². The first-order valence-electron chi connectivity index (χ1n) is 5.76. The fourth-order valence-corrected chi connectivity index (χ4v) is 2.29. The average molecular weight is 279 g/mol. The summed E-state index contributed by atoms with van der Waals surface area (Å²) < 4.78 is 12.9. The maximum atomic E-state index is 12.9. The van der Waals surface area contributed by atoms with E-state index in [1.165, 1.54) is 29.5 Å². The third-order valence-electron chi connectivity index (χ3n) is 2.50. The number of urea groups is 1. The van der Waals surface area contributed by atoms with Crippen molar-refractivity contribution in [3.8, 4) is 0 Å². The lowest BCUT2D eigenvalue weighted by Gasteiger charge is -2.09. The molecule has 6 heteroatoms. The topological polar surface area (TPSA) is 54.0 Å². The Morgan fingerprint density at radius 3 is 2.84 bits per heavy atom. The number of hydrogen-bond donors (Lipinski definition) is 2. The van der Waals surface area contributed by atoms with Crippen LogP contribution in [0.15, 0.2) is 23.6 Å². The van der Waals surface area contributed by atoms with Crippen molar-refractivity contribution in [2.45, 2.75) is 20.4 Å². The molecule has 0 bridgehead atoms. The van der Waals surface area contributed by atoms with Crippen LogP contribution in [0.5, 0.6) is 0 Å². The zero-order valence-corrected chi connectivity index (χ0v) is 11.5. The first-order chi connectivity index (χ1) is 9.04. The predicted octanol–water partition coefficient (Wildman–Crippen LogP) is 3.22. The summed E-state index contributed by atoms with van der Waals surface area (Å²) in [5.74, 6) is -0.318. The number of benzene rings is 1. The summed E-state index contributed by atoms with van der Waals surface area (Å²) in [5, 5.41) is 8.16. The molecule has 0 aliphatic rings. The van der Waals surface area contributed by atoms with Crippen LogP contribution in [0.3, 0.4) is 0 Å². The molecule has 4 nitrogen and oxygen atoms in total. The summed E-state index contributed by atoms with van der Waals surface area (Å²) in [7, 11) is 0. The number of nitrogens with one attached hydrogen (secondary N) is 2. The molecule has 0 radical (unpaired) electrons. The summed E-state index contributed by atoms with van der Waals surface area (Å²) in [6, 6.07) is 3.90. The molecule has 2 amide bonds. The number of anilines is 1. The van der Waals surface area contributed by atoms with E-state index in [-0.39, 0.29) is 11.8 Å². The van der Waals surface area contributed by atoms with Crippen molar-refractivity contribution in [1.29, 1.82) is 0 Å². The molecule has 1 aromatic heterocycles. The minimum Gasteiger partial charge on any atom is -0.331 e. The van der Waals surface area contributed by atoms with Crippen LogP contribution < -0.4 is 10.6 Å². The van der Waals surface area contributed by atoms with Gasteiger partial charge >= 0.3 is 6.03 Å². The smallest absolute Gasteiger partial charge is 0.319 e. The predicted molar refractivity (Wildman–Crippen MR) is 73.8 cm³/mol. The minimum atomic E-state index is -0.331. The molecular weight excluding hydrogens is 265 g/mol. The summed E-state index contributed by atoms with van der Waals surface area (Å²) >= 11 is 1.50. The maximum absolute atomic E-state index is 12.9. The Morgan fingerprint density at radius 1 is 1.42 bits per heavy atom. The number of halogens is 1. The Labute approximate surface area is 114 Å². The van der Waals surface area contributed by atoms with Crippen LogP contribution in [-0.2, 0) is 6.54 Å². The van der Waals surface area contributed by atoms with E-state index in [1.54, 1.807) is 6.92 Å². The van der Waals surface area contributed by atoms with Crippen LogP contribution in [0.1, 0.15) is 16.3 Å². The number of nitrogens with zero attached hydrogens (tertiary/aromatic N) is 1. The molecule has 2 rings (SSSR count). The number of carbonyl (C=O) groups is 1. The lowest BCUT2D eigenvalue weighted by molar-refractivity contribution is 0.251. The van der Waals surface area contributed by atoms with Gasteiger partial charge in [-0.25, -0.2) is 14.2 Å². The molecule has 0 aliphatic carbocycles. The zero-order chi connectivity index (χ0) is 13.8. The average Bonchev–Trinajstić information content (AvgIpc) is 2.76. The first-order valence-corrected chi connectivity index (χ1v) is 6.64. The van der Waals surface area contributed by atoms with E-state index in [0.29, 0.717) is 17.8 Å². The Bertz CT molecular complexity index is 597. The summed E-state index contributed by atoms with van der Waals surface area (Å²) in [5.41, 5.74) is 2.21. The normalized spacial score (nSPS) is 10.3. The Kier molecular flexibility index (Phi) is 4.11. The quantitative estimate of drug-likeness (QED) is 0.906. The van der Waals surface area contributed by atoms with Gasteiger partial charge in [0, 0.05) is 16.8 Å². The van der Waals surface area contributed by atoms with Gasteiger partial charge in [-0.05, 0) is 37.6 Å². The van der Waals surface area contributed by atoms with Gasteiger partial charge in [-0.1, -0.05) is 0 Å². The number of amides is 2. The van der Waals surface area contributed by atoms with Gasteiger partial charge in [-0.3, -0.25) is 0 Å². The minimum absolute atomic E-state index is 0.318. The highest BCUT2D eigenvalue weighted by molar-refractivity contribution is 7.09. The summed E-state index contributed by atoms with van der Waals surface area (Å²) in [4.78, 5) is 15.9. The van der Waals surface area contributed by atoms with Crippen LogP contribution in [0.4, 0.5) is 14.9 Å². The van der Waals surface area contributed by atoms with Gasteiger partial charge in [0.15, 0.2) is 0 Å². The highest BCUT2D eigenvalue weighted by atomic mass is 32.1. The molecule has 1 heterocycles. The molecule has 1 aromatic carbocycles. The van der Waals surface area contributed by atoms with Crippen LogP contribution in [-0.4, -0.2) is 11.0 Å². The summed E-state index contributed by atoms with van der Waals surface area (Å²) in [6.45, 7) is 4.02. The van der Waals surface area contributed by atoms with Gasteiger partial charge in [-0.2, -0.15) is 0 Å². The van der Waals surface area contributed by atoms with Crippen molar-refractivity contribution in [2.75, 3.05) is 5.32 Å². The van der Waals surface area contributed by atoms with Crippen molar-refractivity contribution in [1.82, 2.24) is 10.3 Å². The number of aromatic nitrogens is 1.